The van der Waals surface area contributed by atoms with Gasteiger partial charge >= 0.3 is 6.18 Å². The Morgan fingerprint density at radius 2 is 1.61 bits per heavy atom. The lowest BCUT2D eigenvalue weighted by Crippen LogP contribution is -2.16. The minimum atomic E-state index is -4.77. The van der Waals surface area contributed by atoms with E-state index in [1.165, 1.54) is 34.5 Å². The number of carbonyl (C=O) groups is 1. The molecule has 2 heterocycles. The normalized spacial score (nSPS) is 11.3. The number of ether oxygens (including phenoxy) is 4. The summed E-state index contributed by atoms with van der Waals surface area (Å²) >= 11 is 0. The number of hydrogen-bond acceptors (Lipinski definition) is 7. The summed E-state index contributed by atoms with van der Waals surface area (Å²) in [5.41, 5.74) is -0.967. The molecule has 0 spiro atoms. The highest BCUT2D eigenvalue weighted by Gasteiger charge is 2.36. The van der Waals surface area contributed by atoms with Gasteiger partial charge < -0.3 is 24.3 Å². The maximum atomic E-state index is 13.9. The van der Waals surface area contributed by atoms with Crippen molar-refractivity contribution in [1.29, 1.82) is 0 Å². The molecule has 1 N–H and O–H groups in total. The summed E-state index contributed by atoms with van der Waals surface area (Å²) in [7, 11) is 5.74. The lowest BCUT2D eigenvalue weighted by Gasteiger charge is -2.13. The molecule has 0 saturated heterocycles. The number of anilines is 1. The number of carbonyl (C=O) groups excluding carboxylic acids is 1. The number of methoxy groups -OCH3 is 4. The summed E-state index contributed by atoms with van der Waals surface area (Å²) in [5, 5.41) is 6.42. The zero-order valence-electron chi connectivity index (χ0n) is 19.6. The topological polar surface area (TPSA) is 96.2 Å². The maximum Gasteiger partial charge on any atom is 0.433 e. The van der Waals surface area contributed by atoms with Crippen LogP contribution >= 0.6 is 0 Å². The van der Waals surface area contributed by atoms with Crippen LogP contribution in [0.2, 0.25) is 0 Å². The second-order valence-electron chi connectivity index (χ2n) is 7.41. The van der Waals surface area contributed by atoms with Crippen molar-refractivity contribution in [1.82, 2.24) is 14.6 Å². The van der Waals surface area contributed by atoms with Crippen molar-refractivity contribution >= 4 is 17.2 Å². The van der Waals surface area contributed by atoms with Gasteiger partial charge in [0.05, 0.1) is 46.0 Å². The fourth-order valence-corrected chi connectivity index (χ4v) is 3.56. The molecule has 2 aromatic heterocycles. The smallest absolute Gasteiger partial charge is 0.433 e. The molecule has 0 aliphatic rings. The van der Waals surface area contributed by atoms with E-state index in [0.717, 1.165) is 12.3 Å². The van der Waals surface area contributed by atoms with Gasteiger partial charge in [-0.3, -0.25) is 4.79 Å². The Bertz CT molecular complexity index is 1440. The molecule has 0 atom stereocenters. The van der Waals surface area contributed by atoms with Crippen molar-refractivity contribution in [2.75, 3.05) is 33.8 Å². The summed E-state index contributed by atoms with van der Waals surface area (Å²) in [5.74, 6) is 0.782. The number of hydrogen-bond donors (Lipinski definition) is 1. The van der Waals surface area contributed by atoms with Gasteiger partial charge in [-0.15, -0.1) is 0 Å². The highest BCUT2D eigenvalue weighted by Crippen LogP contribution is 2.36. The molecule has 12 heteroatoms. The number of halogens is 3. The molecule has 0 radical (unpaired) electrons. The lowest BCUT2D eigenvalue weighted by atomic mass is 10.1. The third-order valence-electron chi connectivity index (χ3n) is 5.34. The first-order valence-electron chi connectivity index (χ1n) is 10.4. The zero-order valence-corrected chi connectivity index (χ0v) is 19.6. The third kappa shape index (κ3) is 4.57. The summed E-state index contributed by atoms with van der Waals surface area (Å²) in [6.07, 6.45) is -3.74. The Labute approximate surface area is 203 Å². The number of alkyl halides is 3. The highest BCUT2D eigenvalue weighted by atomic mass is 19.4. The van der Waals surface area contributed by atoms with Crippen LogP contribution in [0.5, 0.6) is 23.0 Å². The SMILES string of the molecule is COc1ccc(NC(=O)c2cnn3c(C(F)(F)F)cc(-c4ccc(OC)c(OC)c4)nc23)c(OC)c1. The molecule has 0 bridgehead atoms. The number of rotatable bonds is 7. The van der Waals surface area contributed by atoms with Crippen LogP contribution in [0.1, 0.15) is 16.1 Å². The Balaban J connectivity index is 1.83. The fourth-order valence-electron chi connectivity index (χ4n) is 3.56. The van der Waals surface area contributed by atoms with Crippen molar-refractivity contribution in [2.45, 2.75) is 6.18 Å². The first-order valence-corrected chi connectivity index (χ1v) is 10.4. The van der Waals surface area contributed by atoms with Crippen LogP contribution in [0.4, 0.5) is 18.9 Å². The molecule has 0 aliphatic heterocycles. The van der Waals surface area contributed by atoms with E-state index in [4.69, 9.17) is 18.9 Å². The van der Waals surface area contributed by atoms with E-state index in [1.807, 2.05) is 0 Å². The number of nitrogens with zero attached hydrogens (tertiary/aromatic N) is 3. The Hall–Kier alpha value is -4.48. The average Bonchev–Trinajstić information content (AvgIpc) is 3.31. The van der Waals surface area contributed by atoms with Gasteiger partial charge in [0.1, 0.15) is 17.1 Å². The number of aromatic nitrogens is 3. The Kier molecular flexibility index (Phi) is 6.60. The van der Waals surface area contributed by atoms with E-state index in [-0.39, 0.29) is 22.6 Å². The second kappa shape index (κ2) is 9.64. The molecular formula is C24H21F3N4O5. The summed E-state index contributed by atoms with van der Waals surface area (Å²) in [4.78, 5) is 17.4. The lowest BCUT2D eigenvalue weighted by molar-refractivity contribution is -0.142. The van der Waals surface area contributed by atoms with Crippen LogP contribution in [-0.4, -0.2) is 48.9 Å². The monoisotopic (exact) mass is 502 g/mol. The Morgan fingerprint density at radius 1 is 0.889 bits per heavy atom. The van der Waals surface area contributed by atoms with Crippen LogP contribution < -0.4 is 24.3 Å². The number of benzene rings is 2. The van der Waals surface area contributed by atoms with Gasteiger partial charge in [0.25, 0.3) is 5.91 Å². The molecule has 1 amide bonds. The maximum absolute atomic E-state index is 13.9. The van der Waals surface area contributed by atoms with Crippen LogP contribution in [0.15, 0.2) is 48.7 Å². The molecular weight excluding hydrogens is 481 g/mol. The minimum absolute atomic E-state index is 0.0349. The van der Waals surface area contributed by atoms with Crippen LogP contribution in [0.25, 0.3) is 16.9 Å². The van der Waals surface area contributed by atoms with Crippen molar-refractivity contribution in [3.63, 3.8) is 0 Å². The molecule has 0 saturated carbocycles. The van der Waals surface area contributed by atoms with Crippen molar-refractivity contribution in [2.24, 2.45) is 0 Å². The van der Waals surface area contributed by atoms with Gasteiger partial charge in [-0.2, -0.15) is 18.3 Å². The number of nitrogens with one attached hydrogen (secondary N) is 1. The summed E-state index contributed by atoms with van der Waals surface area (Å²) in [6.45, 7) is 0. The Morgan fingerprint density at radius 3 is 2.25 bits per heavy atom. The van der Waals surface area contributed by atoms with Crippen LogP contribution in [-0.2, 0) is 6.18 Å². The van der Waals surface area contributed by atoms with Crippen LogP contribution in [0, 0.1) is 0 Å². The fraction of sp³-hybridized carbons (Fsp3) is 0.208. The first-order chi connectivity index (χ1) is 17.2. The van der Waals surface area contributed by atoms with Gasteiger partial charge in [0.15, 0.2) is 22.8 Å². The van der Waals surface area contributed by atoms with E-state index in [2.05, 4.69) is 15.4 Å². The largest absolute Gasteiger partial charge is 0.497 e. The van der Waals surface area contributed by atoms with E-state index in [9.17, 15) is 18.0 Å². The van der Waals surface area contributed by atoms with Gasteiger partial charge in [-0.05, 0) is 36.4 Å². The van der Waals surface area contributed by atoms with Crippen molar-refractivity contribution in [3.05, 3.63) is 59.9 Å². The molecule has 36 heavy (non-hydrogen) atoms. The third-order valence-corrected chi connectivity index (χ3v) is 5.34. The number of fused-ring (bicyclic) bond motifs is 1. The van der Waals surface area contributed by atoms with Gasteiger partial charge in [0.2, 0.25) is 0 Å². The zero-order chi connectivity index (χ0) is 26.0. The molecule has 2 aromatic carbocycles. The van der Waals surface area contributed by atoms with Gasteiger partial charge in [-0.1, -0.05) is 0 Å². The molecule has 0 unspecified atom stereocenters. The van der Waals surface area contributed by atoms with E-state index in [0.29, 0.717) is 33.1 Å². The van der Waals surface area contributed by atoms with Gasteiger partial charge in [-0.25, -0.2) is 9.50 Å². The van der Waals surface area contributed by atoms with Gasteiger partial charge in [0, 0.05) is 11.6 Å². The highest BCUT2D eigenvalue weighted by molar-refractivity contribution is 6.09. The standard InChI is InChI=1S/C24H21F3N4O5/c1-33-14-6-7-16(19(10-14)35-3)30-23(32)15-12-28-31-21(24(25,26)27)11-17(29-22(15)31)13-5-8-18(34-2)20(9-13)36-4/h5-12H,1-4H3,(H,30,32). The molecule has 9 nitrogen and oxygen atoms in total. The quantitative estimate of drug-likeness (QED) is 0.391. The molecule has 188 valence electrons. The molecule has 4 aromatic rings. The van der Waals surface area contributed by atoms with E-state index in [1.54, 1.807) is 30.3 Å². The van der Waals surface area contributed by atoms with Crippen molar-refractivity contribution < 1.29 is 36.9 Å². The molecule has 0 aliphatic carbocycles. The predicted molar refractivity (Wildman–Crippen MR) is 124 cm³/mol. The minimum Gasteiger partial charge on any atom is -0.497 e. The van der Waals surface area contributed by atoms with Crippen LogP contribution in [0.3, 0.4) is 0 Å². The average molecular weight is 502 g/mol. The second-order valence-corrected chi connectivity index (χ2v) is 7.41. The molecule has 4 rings (SSSR count). The predicted octanol–water partition coefficient (Wildman–Crippen LogP) is 4.70. The molecule has 0 fully saturated rings. The number of amides is 1. The van der Waals surface area contributed by atoms with E-state index >= 15 is 0 Å². The summed E-state index contributed by atoms with van der Waals surface area (Å²) < 4.78 is 63.3. The summed E-state index contributed by atoms with van der Waals surface area (Å²) in [6, 6.07) is 10.1. The van der Waals surface area contributed by atoms with Crippen molar-refractivity contribution in [3.8, 4) is 34.3 Å². The van der Waals surface area contributed by atoms with E-state index < -0.39 is 17.8 Å². The first kappa shape index (κ1) is 24.6.